The first kappa shape index (κ1) is 19.5. The molecule has 0 spiro atoms. The highest BCUT2D eigenvalue weighted by Crippen LogP contribution is 2.28. The third-order valence-corrected chi connectivity index (χ3v) is 4.59. The molecule has 1 aliphatic rings. The molecule has 7 nitrogen and oxygen atoms in total. The summed E-state index contributed by atoms with van der Waals surface area (Å²) in [5.41, 5.74) is 2.08. The van der Waals surface area contributed by atoms with E-state index in [1.807, 2.05) is 6.07 Å². The first-order valence-electron chi connectivity index (χ1n) is 9.38. The van der Waals surface area contributed by atoms with Gasteiger partial charge in [0.25, 0.3) is 0 Å². The lowest BCUT2D eigenvalue weighted by molar-refractivity contribution is -0.147. The lowest BCUT2D eigenvalue weighted by atomic mass is 10.0. The Morgan fingerprint density at radius 1 is 1.33 bits per heavy atom. The number of esters is 1. The maximum absolute atomic E-state index is 13.1. The highest BCUT2D eigenvalue weighted by molar-refractivity contribution is 6.27. The molecule has 0 bridgehead atoms. The average Bonchev–Trinajstić information content (AvgIpc) is 3.29. The highest BCUT2D eigenvalue weighted by Gasteiger charge is 2.44. The van der Waals surface area contributed by atoms with Crippen molar-refractivity contribution >= 4 is 34.8 Å². The zero-order valence-corrected chi connectivity index (χ0v) is 16.1. The molecular weight excluding hydrogens is 389 g/mol. The van der Waals surface area contributed by atoms with E-state index in [9.17, 15) is 14.0 Å². The largest absolute Gasteiger partial charge is 0.465 e. The van der Waals surface area contributed by atoms with Gasteiger partial charge in [-0.1, -0.05) is 12.1 Å². The molecule has 0 aliphatic carbocycles. The van der Waals surface area contributed by atoms with E-state index in [1.165, 1.54) is 12.1 Å². The number of halogens is 1. The minimum Gasteiger partial charge on any atom is -0.465 e. The number of Topliss-reactive ketones (excluding diaryl/α,β-unsaturated/α-hetero) is 1. The molecule has 1 N–H and O–H groups in total. The molecular formula is C22H18FN3O4. The van der Waals surface area contributed by atoms with E-state index in [1.54, 1.807) is 43.6 Å². The van der Waals surface area contributed by atoms with Crippen LogP contribution in [0, 0.1) is 11.7 Å². The van der Waals surface area contributed by atoms with Gasteiger partial charge < -0.3 is 14.5 Å². The summed E-state index contributed by atoms with van der Waals surface area (Å²) in [7, 11) is 0. The molecule has 8 heteroatoms. The first-order valence-corrected chi connectivity index (χ1v) is 9.38. The Labute approximate surface area is 171 Å². The van der Waals surface area contributed by atoms with E-state index in [0.717, 1.165) is 5.39 Å². The molecule has 1 atom stereocenters. The number of nitrogens with zero attached hydrogens (tertiary/aromatic N) is 2. The third kappa shape index (κ3) is 3.84. The number of nitrogens with one attached hydrogen (secondary N) is 1. The molecule has 30 heavy (non-hydrogen) atoms. The van der Waals surface area contributed by atoms with Gasteiger partial charge in [0.15, 0.2) is 11.7 Å². The van der Waals surface area contributed by atoms with Crippen LogP contribution in [0.4, 0.5) is 4.39 Å². The van der Waals surface area contributed by atoms with Crippen molar-refractivity contribution in [2.24, 2.45) is 10.9 Å². The molecule has 4 rings (SSSR count). The number of aromatic nitrogens is 2. The average molecular weight is 407 g/mol. The molecule has 1 aliphatic heterocycles. The van der Waals surface area contributed by atoms with Crippen LogP contribution in [0.3, 0.4) is 0 Å². The van der Waals surface area contributed by atoms with E-state index in [0.29, 0.717) is 16.8 Å². The maximum atomic E-state index is 13.1. The van der Waals surface area contributed by atoms with Crippen molar-refractivity contribution in [3.05, 3.63) is 71.5 Å². The van der Waals surface area contributed by atoms with Crippen molar-refractivity contribution in [3.8, 4) is 0 Å². The van der Waals surface area contributed by atoms with Gasteiger partial charge in [-0.3, -0.25) is 9.59 Å². The Hall–Kier alpha value is -3.81. The SMILES string of the molecule is CCOC(=O)C1C(=O)/C(=C/c2c[nH]c3ncccc23)OC1=NCc1ccc(F)cc1. The van der Waals surface area contributed by atoms with Crippen LogP contribution in [0.15, 0.2) is 59.5 Å². The minimum atomic E-state index is -1.26. The van der Waals surface area contributed by atoms with E-state index in [4.69, 9.17) is 9.47 Å². The lowest BCUT2D eigenvalue weighted by Crippen LogP contribution is -2.27. The van der Waals surface area contributed by atoms with E-state index in [-0.39, 0.29) is 30.6 Å². The normalized spacial score (nSPS) is 18.9. The fourth-order valence-electron chi connectivity index (χ4n) is 3.13. The zero-order valence-electron chi connectivity index (χ0n) is 16.1. The third-order valence-electron chi connectivity index (χ3n) is 4.59. The molecule has 3 heterocycles. The van der Waals surface area contributed by atoms with Crippen molar-refractivity contribution in [1.82, 2.24) is 9.97 Å². The zero-order chi connectivity index (χ0) is 21.1. The summed E-state index contributed by atoms with van der Waals surface area (Å²) in [6.45, 7) is 1.91. The van der Waals surface area contributed by atoms with Crippen LogP contribution in [0.5, 0.6) is 0 Å². The Morgan fingerprint density at radius 2 is 2.13 bits per heavy atom. The summed E-state index contributed by atoms with van der Waals surface area (Å²) in [5, 5.41) is 0.811. The van der Waals surface area contributed by atoms with Gasteiger partial charge in [0, 0.05) is 23.3 Å². The van der Waals surface area contributed by atoms with Crippen LogP contribution in [-0.4, -0.2) is 34.2 Å². The first-order chi connectivity index (χ1) is 14.6. The van der Waals surface area contributed by atoms with Crippen molar-refractivity contribution in [3.63, 3.8) is 0 Å². The quantitative estimate of drug-likeness (QED) is 0.397. The lowest BCUT2D eigenvalue weighted by Gasteiger charge is -2.06. The van der Waals surface area contributed by atoms with Gasteiger partial charge in [-0.15, -0.1) is 0 Å². The summed E-state index contributed by atoms with van der Waals surface area (Å²) < 4.78 is 23.8. The van der Waals surface area contributed by atoms with Gasteiger partial charge in [-0.25, -0.2) is 14.4 Å². The number of carbonyl (C=O) groups excluding carboxylic acids is 2. The summed E-state index contributed by atoms with van der Waals surface area (Å²) in [6, 6.07) is 9.42. The number of rotatable bonds is 5. The Morgan fingerprint density at radius 3 is 2.90 bits per heavy atom. The van der Waals surface area contributed by atoms with Crippen LogP contribution in [-0.2, 0) is 25.6 Å². The van der Waals surface area contributed by atoms with Gasteiger partial charge in [0.1, 0.15) is 11.5 Å². The number of aromatic amines is 1. The second-order valence-electron chi connectivity index (χ2n) is 6.58. The molecule has 1 saturated heterocycles. The van der Waals surface area contributed by atoms with Crippen molar-refractivity contribution in [2.45, 2.75) is 13.5 Å². The summed E-state index contributed by atoms with van der Waals surface area (Å²) in [5.74, 6) is -2.90. The molecule has 1 unspecified atom stereocenters. The number of hydrogen-bond acceptors (Lipinski definition) is 6. The number of pyridine rings is 1. The fraction of sp³-hybridized carbons (Fsp3) is 0.182. The van der Waals surface area contributed by atoms with Crippen LogP contribution < -0.4 is 0 Å². The molecule has 0 amide bonds. The van der Waals surface area contributed by atoms with E-state index in [2.05, 4.69) is 15.0 Å². The Bertz CT molecular complexity index is 1160. The maximum Gasteiger partial charge on any atom is 0.326 e. The second-order valence-corrected chi connectivity index (χ2v) is 6.58. The summed E-state index contributed by atoms with van der Waals surface area (Å²) in [6.07, 6.45) is 4.91. The number of ketones is 1. The van der Waals surface area contributed by atoms with Crippen molar-refractivity contribution in [2.75, 3.05) is 6.61 Å². The standard InChI is InChI=1S/C22H18FN3O4/c1-2-29-22(28)18-19(27)17(10-14-12-25-20-16(14)4-3-9-24-20)30-21(18)26-11-13-5-7-15(23)8-6-13/h3-10,12,18H,2,11H2,1H3,(H,24,25)/b17-10-,26-21?. The molecule has 3 aromatic rings. The summed E-state index contributed by atoms with van der Waals surface area (Å²) in [4.78, 5) is 36.8. The molecule has 1 fully saturated rings. The number of hydrogen-bond donors (Lipinski definition) is 1. The Kier molecular flexibility index (Phi) is 5.38. The number of fused-ring (bicyclic) bond motifs is 1. The van der Waals surface area contributed by atoms with Crippen LogP contribution in [0.2, 0.25) is 0 Å². The monoisotopic (exact) mass is 407 g/mol. The number of H-pyrrole nitrogens is 1. The number of benzene rings is 1. The van der Waals surface area contributed by atoms with Crippen LogP contribution >= 0.6 is 0 Å². The van der Waals surface area contributed by atoms with E-state index < -0.39 is 17.7 Å². The van der Waals surface area contributed by atoms with Gasteiger partial charge in [-0.05, 0) is 42.8 Å². The number of carbonyl (C=O) groups is 2. The minimum absolute atomic E-state index is 0.00402. The van der Waals surface area contributed by atoms with Gasteiger partial charge in [0.05, 0.1) is 13.2 Å². The molecule has 2 aromatic heterocycles. The number of aliphatic imine (C=N–C) groups is 1. The molecule has 152 valence electrons. The van der Waals surface area contributed by atoms with Gasteiger partial charge in [-0.2, -0.15) is 0 Å². The van der Waals surface area contributed by atoms with Crippen LogP contribution in [0.25, 0.3) is 17.1 Å². The second kappa shape index (κ2) is 8.28. The van der Waals surface area contributed by atoms with Gasteiger partial charge >= 0.3 is 5.97 Å². The van der Waals surface area contributed by atoms with E-state index >= 15 is 0 Å². The predicted octanol–water partition coefficient (Wildman–Crippen LogP) is 3.42. The number of ether oxygens (including phenoxy) is 2. The summed E-state index contributed by atoms with van der Waals surface area (Å²) >= 11 is 0. The molecule has 1 aromatic carbocycles. The Balaban J connectivity index is 1.66. The number of allylic oxidation sites excluding steroid dienone is 1. The smallest absolute Gasteiger partial charge is 0.326 e. The van der Waals surface area contributed by atoms with Crippen molar-refractivity contribution < 1.29 is 23.5 Å². The van der Waals surface area contributed by atoms with Crippen molar-refractivity contribution in [1.29, 1.82) is 0 Å². The van der Waals surface area contributed by atoms with Crippen LogP contribution in [0.1, 0.15) is 18.1 Å². The predicted molar refractivity (Wildman–Crippen MR) is 108 cm³/mol. The molecule has 0 saturated carbocycles. The molecule has 0 radical (unpaired) electrons. The highest BCUT2D eigenvalue weighted by atomic mass is 19.1. The topological polar surface area (TPSA) is 93.6 Å². The van der Waals surface area contributed by atoms with Gasteiger partial charge in [0.2, 0.25) is 11.7 Å². The fourth-order valence-corrected chi connectivity index (χ4v) is 3.13.